The van der Waals surface area contributed by atoms with Crippen molar-refractivity contribution in [3.05, 3.63) is 11.1 Å². The van der Waals surface area contributed by atoms with Gasteiger partial charge in [0.1, 0.15) is 5.69 Å². The molecule has 0 radical (unpaired) electrons. The third kappa shape index (κ3) is 2.19. The molecule has 1 aromatic heterocycles. The van der Waals surface area contributed by atoms with Crippen molar-refractivity contribution >= 4 is 22.4 Å². The zero-order chi connectivity index (χ0) is 11.5. The van der Waals surface area contributed by atoms with Crippen LogP contribution in [0, 0.1) is 0 Å². The molecule has 2 N–H and O–H groups in total. The number of anilines is 1. The van der Waals surface area contributed by atoms with Crippen molar-refractivity contribution in [1.82, 2.24) is 9.88 Å². The molecule has 1 amide bonds. The van der Waals surface area contributed by atoms with Gasteiger partial charge in [-0.05, 0) is 25.7 Å². The lowest BCUT2D eigenvalue weighted by Gasteiger charge is -2.34. The first-order valence-electron chi connectivity index (χ1n) is 5.74. The summed E-state index contributed by atoms with van der Waals surface area (Å²) in [5.74, 6) is 0.0412. The zero-order valence-electron chi connectivity index (χ0n) is 9.48. The molecular formula is C11H17N3OS. The van der Waals surface area contributed by atoms with Crippen LogP contribution in [-0.4, -0.2) is 28.4 Å². The molecule has 0 bridgehead atoms. The molecule has 16 heavy (non-hydrogen) atoms. The van der Waals surface area contributed by atoms with Gasteiger partial charge in [-0.3, -0.25) is 4.79 Å². The average Bonchev–Trinajstić information content (AvgIpc) is 2.75. The largest absolute Gasteiger partial charge is 0.375 e. The number of thiazole rings is 1. The van der Waals surface area contributed by atoms with Gasteiger partial charge in [0.2, 0.25) is 0 Å². The summed E-state index contributed by atoms with van der Waals surface area (Å²) in [7, 11) is 0. The van der Waals surface area contributed by atoms with Crippen LogP contribution in [0.2, 0.25) is 0 Å². The van der Waals surface area contributed by atoms with Gasteiger partial charge in [0.25, 0.3) is 5.91 Å². The Labute approximate surface area is 99.5 Å². The number of rotatable bonds is 2. The number of amides is 1. The summed E-state index contributed by atoms with van der Waals surface area (Å²) in [6.45, 7) is 2.99. The Morgan fingerprint density at radius 1 is 1.69 bits per heavy atom. The molecule has 1 unspecified atom stereocenters. The lowest BCUT2D eigenvalue weighted by Crippen LogP contribution is -2.43. The standard InChI is InChI=1S/C11H17N3OS/c1-2-8-5-3-4-6-14(8)10(15)9-7-16-11(12)13-9/h7-8H,2-6H2,1H3,(H2,12,13). The fraction of sp³-hybridized carbons (Fsp3) is 0.636. The van der Waals surface area contributed by atoms with Crippen LogP contribution >= 0.6 is 11.3 Å². The molecule has 88 valence electrons. The van der Waals surface area contributed by atoms with Gasteiger partial charge in [-0.1, -0.05) is 6.92 Å². The molecule has 1 aromatic rings. The van der Waals surface area contributed by atoms with Gasteiger partial charge in [-0.2, -0.15) is 0 Å². The second-order valence-corrected chi connectivity index (χ2v) is 5.02. The zero-order valence-corrected chi connectivity index (χ0v) is 10.3. The Morgan fingerprint density at radius 3 is 3.12 bits per heavy atom. The average molecular weight is 239 g/mol. The number of nitrogen functional groups attached to an aromatic ring is 1. The van der Waals surface area contributed by atoms with E-state index in [1.807, 2.05) is 4.90 Å². The summed E-state index contributed by atoms with van der Waals surface area (Å²) in [5.41, 5.74) is 6.05. The first kappa shape index (κ1) is 11.4. The number of carbonyl (C=O) groups is 1. The van der Waals surface area contributed by atoms with E-state index in [9.17, 15) is 4.79 Å². The highest BCUT2D eigenvalue weighted by molar-refractivity contribution is 7.13. The highest BCUT2D eigenvalue weighted by atomic mass is 32.1. The molecule has 1 aliphatic rings. The first-order chi connectivity index (χ1) is 7.72. The molecule has 1 aliphatic heterocycles. The number of nitrogens with zero attached hydrogens (tertiary/aromatic N) is 2. The third-order valence-electron chi connectivity index (χ3n) is 3.10. The SMILES string of the molecule is CCC1CCCCN1C(=O)c1csc(N)n1. The van der Waals surface area contributed by atoms with E-state index in [4.69, 9.17) is 5.73 Å². The predicted octanol–water partition coefficient (Wildman–Crippen LogP) is 2.13. The van der Waals surface area contributed by atoms with E-state index in [1.54, 1.807) is 5.38 Å². The van der Waals surface area contributed by atoms with Crippen LogP contribution < -0.4 is 5.73 Å². The number of carbonyl (C=O) groups excluding carboxylic acids is 1. The van der Waals surface area contributed by atoms with Crippen molar-refractivity contribution in [2.24, 2.45) is 0 Å². The Balaban J connectivity index is 2.13. The van der Waals surface area contributed by atoms with Crippen molar-refractivity contribution in [3.8, 4) is 0 Å². The van der Waals surface area contributed by atoms with E-state index in [0.717, 1.165) is 25.8 Å². The van der Waals surface area contributed by atoms with Crippen LogP contribution in [0.4, 0.5) is 5.13 Å². The van der Waals surface area contributed by atoms with E-state index in [-0.39, 0.29) is 5.91 Å². The topological polar surface area (TPSA) is 59.2 Å². The fourth-order valence-corrected chi connectivity index (χ4v) is 2.76. The van der Waals surface area contributed by atoms with Crippen LogP contribution in [0.5, 0.6) is 0 Å². The molecule has 1 fully saturated rings. The van der Waals surface area contributed by atoms with Gasteiger partial charge in [0.05, 0.1) is 0 Å². The summed E-state index contributed by atoms with van der Waals surface area (Å²) in [4.78, 5) is 18.2. The van der Waals surface area contributed by atoms with Gasteiger partial charge in [-0.25, -0.2) is 4.98 Å². The van der Waals surface area contributed by atoms with Gasteiger partial charge in [-0.15, -0.1) is 11.3 Å². The van der Waals surface area contributed by atoms with E-state index >= 15 is 0 Å². The van der Waals surface area contributed by atoms with Crippen LogP contribution in [0.15, 0.2) is 5.38 Å². The molecule has 0 spiro atoms. The van der Waals surface area contributed by atoms with E-state index in [1.165, 1.54) is 17.8 Å². The summed E-state index contributed by atoms with van der Waals surface area (Å²) in [6, 6.07) is 0.379. The summed E-state index contributed by atoms with van der Waals surface area (Å²) >= 11 is 1.32. The minimum atomic E-state index is 0.0412. The lowest BCUT2D eigenvalue weighted by molar-refractivity contribution is 0.0603. The maximum absolute atomic E-state index is 12.2. The monoisotopic (exact) mass is 239 g/mol. The Hall–Kier alpha value is -1.10. The second-order valence-electron chi connectivity index (χ2n) is 4.13. The van der Waals surface area contributed by atoms with Gasteiger partial charge < -0.3 is 10.6 Å². The number of hydrogen-bond donors (Lipinski definition) is 1. The van der Waals surface area contributed by atoms with Crippen molar-refractivity contribution in [2.45, 2.75) is 38.6 Å². The van der Waals surface area contributed by atoms with E-state index in [0.29, 0.717) is 16.9 Å². The molecular weight excluding hydrogens is 222 g/mol. The minimum absolute atomic E-state index is 0.0412. The summed E-state index contributed by atoms with van der Waals surface area (Å²) in [6.07, 6.45) is 4.45. The van der Waals surface area contributed by atoms with Crippen molar-refractivity contribution < 1.29 is 4.79 Å². The Bertz CT molecular complexity index is 377. The Morgan fingerprint density at radius 2 is 2.50 bits per heavy atom. The first-order valence-corrected chi connectivity index (χ1v) is 6.62. The number of nitrogens with two attached hydrogens (primary N) is 1. The predicted molar refractivity (Wildman–Crippen MR) is 65.5 cm³/mol. The summed E-state index contributed by atoms with van der Waals surface area (Å²) < 4.78 is 0. The molecule has 2 heterocycles. The number of aromatic nitrogens is 1. The van der Waals surface area contributed by atoms with Gasteiger partial charge >= 0.3 is 0 Å². The molecule has 1 saturated heterocycles. The smallest absolute Gasteiger partial charge is 0.273 e. The maximum Gasteiger partial charge on any atom is 0.273 e. The van der Waals surface area contributed by atoms with Crippen LogP contribution in [-0.2, 0) is 0 Å². The highest BCUT2D eigenvalue weighted by Gasteiger charge is 2.27. The van der Waals surface area contributed by atoms with Gasteiger partial charge in [0.15, 0.2) is 5.13 Å². The van der Waals surface area contributed by atoms with Crippen molar-refractivity contribution in [2.75, 3.05) is 12.3 Å². The lowest BCUT2D eigenvalue weighted by atomic mass is 10.00. The molecule has 0 aromatic carbocycles. The van der Waals surface area contributed by atoms with Gasteiger partial charge in [0, 0.05) is 18.0 Å². The summed E-state index contributed by atoms with van der Waals surface area (Å²) in [5, 5.41) is 2.22. The highest BCUT2D eigenvalue weighted by Crippen LogP contribution is 2.22. The van der Waals surface area contributed by atoms with Crippen LogP contribution in [0.1, 0.15) is 43.1 Å². The maximum atomic E-state index is 12.2. The van der Waals surface area contributed by atoms with Crippen LogP contribution in [0.25, 0.3) is 0 Å². The second kappa shape index (κ2) is 4.82. The fourth-order valence-electron chi connectivity index (χ4n) is 2.23. The number of hydrogen-bond acceptors (Lipinski definition) is 4. The van der Waals surface area contributed by atoms with Crippen LogP contribution in [0.3, 0.4) is 0 Å². The van der Waals surface area contributed by atoms with Crippen molar-refractivity contribution in [3.63, 3.8) is 0 Å². The van der Waals surface area contributed by atoms with E-state index in [2.05, 4.69) is 11.9 Å². The molecule has 4 nitrogen and oxygen atoms in total. The number of piperidine rings is 1. The van der Waals surface area contributed by atoms with E-state index < -0.39 is 0 Å². The molecule has 2 rings (SSSR count). The van der Waals surface area contributed by atoms with Crippen molar-refractivity contribution in [1.29, 1.82) is 0 Å². The molecule has 0 aliphatic carbocycles. The normalized spacial score (nSPS) is 21.1. The molecule has 5 heteroatoms. The number of likely N-dealkylation sites (tertiary alicyclic amines) is 1. The quantitative estimate of drug-likeness (QED) is 0.860. The molecule has 1 atom stereocenters. The Kier molecular flexibility index (Phi) is 3.43. The molecule has 0 saturated carbocycles. The minimum Gasteiger partial charge on any atom is -0.375 e. The third-order valence-corrected chi connectivity index (χ3v) is 3.77.